The first-order valence-corrected chi connectivity index (χ1v) is 8.75. The van der Waals surface area contributed by atoms with Crippen LogP contribution < -0.4 is 15.2 Å². The highest BCUT2D eigenvalue weighted by molar-refractivity contribution is 5.84. The number of methoxy groups -OCH3 is 2. The highest BCUT2D eigenvalue weighted by Gasteiger charge is 2.19. The molecule has 0 atom stereocenters. The van der Waals surface area contributed by atoms with Crippen molar-refractivity contribution in [1.82, 2.24) is 9.78 Å². The number of hydrogen-bond acceptors (Lipinski definition) is 5. The maximum atomic E-state index is 5.95. The Balaban J connectivity index is 0.00000146. The zero-order valence-electron chi connectivity index (χ0n) is 17.3. The molecule has 1 heterocycles. The Morgan fingerprint density at radius 1 is 1.12 bits per heavy atom. The lowest BCUT2D eigenvalue weighted by atomic mass is 10.0. The SMILES string of the molecule is C=C(N)c1c(-c2cc(OC)cc(OC)c2)nn(C)c1/N=C\C.CC.CC. The molecule has 0 saturated carbocycles. The van der Waals surface area contributed by atoms with Crippen molar-refractivity contribution in [2.24, 2.45) is 17.8 Å². The highest BCUT2D eigenvalue weighted by Crippen LogP contribution is 2.36. The normalized spacial score (nSPS) is 9.69. The van der Waals surface area contributed by atoms with E-state index in [1.54, 1.807) is 31.2 Å². The van der Waals surface area contributed by atoms with Gasteiger partial charge in [0.15, 0.2) is 5.82 Å². The van der Waals surface area contributed by atoms with Crippen LogP contribution in [0.25, 0.3) is 17.0 Å². The molecular formula is C20H32N4O2. The summed E-state index contributed by atoms with van der Waals surface area (Å²) < 4.78 is 12.3. The third-order valence-corrected chi connectivity index (χ3v) is 3.21. The topological polar surface area (TPSA) is 74.7 Å². The number of aliphatic imine (C=N–C) groups is 1. The van der Waals surface area contributed by atoms with Crippen LogP contribution in [-0.4, -0.2) is 30.2 Å². The van der Waals surface area contributed by atoms with Gasteiger partial charge < -0.3 is 15.2 Å². The van der Waals surface area contributed by atoms with Crippen molar-refractivity contribution in [1.29, 1.82) is 0 Å². The quantitative estimate of drug-likeness (QED) is 0.777. The van der Waals surface area contributed by atoms with E-state index in [0.717, 1.165) is 5.56 Å². The summed E-state index contributed by atoms with van der Waals surface area (Å²) in [7, 11) is 5.02. The Bertz CT molecular complexity index is 711. The Hall–Kier alpha value is -2.76. The summed E-state index contributed by atoms with van der Waals surface area (Å²) in [5.41, 5.74) is 8.58. The van der Waals surface area contributed by atoms with Crippen LogP contribution in [0.1, 0.15) is 40.2 Å². The van der Waals surface area contributed by atoms with Gasteiger partial charge in [-0.15, -0.1) is 0 Å². The van der Waals surface area contributed by atoms with Gasteiger partial charge in [0.25, 0.3) is 0 Å². The Labute approximate surface area is 157 Å². The zero-order valence-corrected chi connectivity index (χ0v) is 17.3. The van der Waals surface area contributed by atoms with E-state index in [1.165, 1.54) is 0 Å². The fraction of sp³-hybridized carbons (Fsp3) is 0.400. The van der Waals surface area contributed by atoms with E-state index >= 15 is 0 Å². The number of ether oxygens (including phenoxy) is 2. The first-order valence-electron chi connectivity index (χ1n) is 8.75. The molecule has 1 aromatic heterocycles. The predicted octanol–water partition coefficient (Wildman–Crippen LogP) is 4.81. The molecule has 0 unspecified atom stereocenters. The van der Waals surface area contributed by atoms with Crippen molar-refractivity contribution in [3.63, 3.8) is 0 Å². The van der Waals surface area contributed by atoms with Crippen molar-refractivity contribution in [2.75, 3.05) is 14.2 Å². The van der Waals surface area contributed by atoms with E-state index in [2.05, 4.69) is 16.7 Å². The van der Waals surface area contributed by atoms with E-state index in [4.69, 9.17) is 15.2 Å². The van der Waals surface area contributed by atoms with Crippen LogP contribution in [0.3, 0.4) is 0 Å². The lowest BCUT2D eigenvalue weighted by Crippen LogP contribution is -1.96. The van der Waals surface area contributed by atoms with E-state index in [-0.39, 0.29) is 0 Å². The second kappa shape index (κ2) is 11.7. The lowest BCUT2D eigenvalue weighted by Gasteiger charge is -2.08. The van der Waals surface area contributed by atoms with Crippen LogP contribution in [0.15, 0.2) is 29.8 Å². The summed E-state index contributed by atoms with van der Waals surface area (Å²) in [6.07, 6.45) is 1.69. The Morgan fingerprint density at radius 2 is 1.62 bits per heavy atom. The van der Waals surface area contributed by atoms with Crippen LogP contribution in [0.5, 0.6) is 11.5 Å². The lowest BCUT2D eigenvalue weighted by molar-refractivity contribution is 0.394. The van der Waals surface area contributed by atoms with Crippen LogP contribution >= 0.6 is 0 Å². The third kappa shape index (κ3) is 5.37. The summed E-state index contributed by atoms with van der Waals surface area (Å²) >= 11 is 0. The summed E-state index contributed by atoms with van der Waals surface area (Å²) in [5.74, 6) is 2.01. The van der Waals surface area contributed by atoms with Crippen molar-refractivity contribution in [3.8, 4) is 22.8 Å². The average Bonchev–Trinajstić information content (AvgIpc) is 3.01. The molecule has 0 bridgehead atoms. The number of hydrogen-bond donors (Lipinski definition) is 1. The van der Waals surface area contributed by atoms with Crippen molar-refractivity contribution >= 4 is 17.7 Å². The average molecular weight is 361 g/mol. The van der Waals surface area contributed by atoms with Gasteiger partial charge in [-0.1, -0.05) is 34.3 Å². The number of aromatic nitrogens is 2. The van der Waals surface area contributed by atoms with Crippen LogP contribution in [0.4, 0.5) is 5.82 Å². The Kier molecular flexibility index (Phi) is 10.5. The molecule has 6 heteroatoms. The third-order valence-electron chi connectivity index (χ3n) is 3.21. The maximum absolute atomic E-state index is 5.95. The van der Waals surface area contributed by atoms with E-state index in [1.807, 2.05) is 53.8 Å². The monoisotopic (exact) mass is 360 g/mol. The van der Waals surface area contributed by atoms with Gasteiger partial charge in [-0.3, -0.25) is 0 Å². The molecule has 0 saturated heterocycles. The second-order valence-electron chi connectivity index (χ2n) is 4.68. The largest absolute Gasteiger partial charge is 0.497 e. The number of benzene rings is 1. The van der Waals surface area contributed by atoms with Gasteiger partial charge in [0, 0.05) is 30.6 Å². The Morgan fingerprint density at radius 3 is 2.00 bits per heavy atom. The van der Waals surface area contributed by atoms with Crippen LogP contribution in [0, 0.1) is 0 Å². The first-order chi connectivity index (χ1) is 12.5. The molecular weight excluding hydrogens is 328 g/mol. The molecule has 26 heavy (non-hydrogen) atoms. The smallest absolute Gasteiger partial charge is 0.159 e. The molecule has 2 aromatic rings. The van der Waals surface area contributed by atoms with Gasteiger partial charge >= 0.3 is 0 Å². The van der Waals surface area contributed by atoms with Gasteiger partial charge in [0.05, 0.1) is 19.8 Å². The van der Waals surface area contributed by atoms with Crippen molar-refractivity contribution < 1.29 is 9.47 Å². The number of rotatable bonds is 5. The number of nitrogens with zero attached hydrogens (tertiary/aromatic N) is 3. The molecule has 0 aliphatic rings. The van der Waals surface area contributed by atoms with Gasteiger partial charge in [0.1, 0.15) is 17.2 Å². The molecule has 0 aliphatic carbocycles. The molecule has 2 rings (SSSR count). The summed E-state index contributed by atoms with van der Waals surface area (Å²) in [6.45, 7) is 13.7. The molecule has 144 valence electrons. The van der Waals surface area contributed by atoms with E-state index in [0.29, 0.717) is 34.3 Å². The van der Waals surface area contributed by atoms with E-state index in [9.17, 15) is 0 Å². The molecule has 2 N–H and O–H groups in total. The highest BCUT2D eigenvalue weighted by atomic mass is 16.5. The molecule has 0 aliphatic heterocycles. The molecule has 1 aromatic carbocycles. The number of nitrogens with two attached hydrogens (primary N) is 1. The summed E-state index contributed by atoms with van der Waals surface area (Å²) in [5, 5.41) is 4.52. The minimum Gasteiger partial charge on any atom is -0.497 e. The predicted molar refractivity (Wildman–Crippen MR) is 111 cm³/mol. The minimum atomic E-state index is 0.408. The van der Waals surface area contributed by atoms with Gasteiger partial charge in [0.2, 0.25) is 0 Å². The summed E-state index contributed by atoms with van der Waals surface area (Å²) in [4.78, 5) is 4.33. The van der Waals surface area contributed by atoms with Gasteiger partial charge in [-0.25, -0.2) is 9.67 Å². The van der Waals surface area contributed by atoms with Crippen molar-refractivity contribution in [2.45, 2.75) is 34.6 Å². The van der Waals surface area contributed by atoms with Gasteiger partial charge in [-0.2, -0.15) is 5.10 Å². The minimum absolute atomic E-state index is 0.408. The fourth-order valence-corrected chi connectivity index (χ4v) is 2.23. The number of aryl methyl sites for hydroxylation is 1. The molecule has 0 spiro atoms. The summed E-state index contributed by atoms with van der Waals surface area (Å²) in [6, 6.07) is 5.54. The molecule has 0 radical (unpaired) electrons. The maximum Gasteiger partial charge on any atom is 0.159 e. The fourth-order valence-electron chi connectivity index (χ4n) is 2.23. The van der Waals surface area contributed by atoms with Crippen LogP contribution in [-0.2, 0) is 7.05 Å². The zero-order chi connectivity index (χ0) is 20.3. The molecule has 0 amide bonds. The molecule has 0 fully saturated rings. The van der Waals surface area contributed by atoms with Crippen molar-refractivity contribution in [3.05, 3.63) is 30.3 Å². The van der Waals surface area contributed by atoms with Gasteiger partial charge in [-0.05, 0) is 19.1 Å². The molecule has 6 nitrogen and oxygen atoms in total. The second-order valence-corrected chi connectivity index (χ2v) is 4.68. The first kappa shape index (κ1) is 23.2. The van der Waals surface area contributed by atoms with Crippen LogP contribution in [0.2, 0.25) is 0 Å². The standard InChI is InChI=1S/C16H20N4O2.2C2H6/c1-6-18-16-14(10(2)17)15(19-20(16)3)11-7-12(21-4)9-13(8-11)22-5;2*1-2/h6-9H,2,17H2,1,3-5H3;2*1-2H3/b18-6-;;. The van der Waals surface area contributed by atoms with E-state index < -0.39 is 0 Å².